The minimum atomic E-state index is -0.547. The summed E-state index contributed by atoms with van der Waals surface area (Å²) in [6.07, 6.45) is 0. The lowest BCUT2D eigenvalue weighted by atomic mass is 10.3. The average Bonchev–Trinajstić information content (AvgIpc) is 1.94. The van der Waals surface area contributed by atoms with Crippen LogP contribution in [0.1, 0.15) is 1.37 Å². The van der Waals surface area contributed by atoms with Crippen molar-refractivity contribution in [1.82, 2.24) is 0 Å². The van der Waals surface area contributed by atoms with Crippen LogP contribution in [0.2, 0.25) is 0 Å². The number of hydrogen-bond acceptors (Lipinski definition) is 1. The smallest absolute Gasteiger partial charge is 0.172 e. The number of ether oxygens (including phenoxy) is 1. The first-order valence-corrected chi connectivity index (χ1v) is 2.43. The van der Waals surface area contributed by atoms with Crippen molar-refractivity contribution < 1.29 is 10.5 Å². The van der Waals surface area contributed by atoms with Gasteiger partial charge in [0.15, 0.2) is 11.6 Å². The summed E-state index contributed by atoms with van der Waals surface area (Å²) in [5.74, 6) is -0.466. The summed E-state index contributed by atoms with van der Waals surface area (Å²) in [4.78, 5) is 0. The van der Waals surface area contributed by atoms with Crippen molar-refractivity contribution in [3.05, 3.63) is 30.1 Å². The third-order valence-electron chi connectivity index (χ3n) is 0.926. The molecular formula is C7H6FO. The third-order valence-corrected chi connectivity index (χ3v) is 0.926. The number of methoxy groups -OCH3 is 1. The zero-order valence-electron chi connectivity index (χ0n) is 5.73. The molecule has 9 heavy (non-hydrogen) atoms. The number of hydrogen-bond donors (Lipinski definition) is 0. The SMILES string of the molecule is [2H]COc1ccc[c]c1F. The second-order valence-electron chi connectivity index (χ2n) is 1.49. The average molecular weight is 126 g/mol. The van der Waals surface area contributed by atoms with E-state index in [1.807, 2.05) is 0 Å². The fraction of sp³-hybridized carbons (Fsp3) is 0.143. The zero-order chi connectivity index (χ0) is 7.40. The minimum Gasteiger partial charge on any atom is -0.494 e. The molecule has 2 heteroatoms. The molecule has 0 aliphatic heterocycles. The highest BCUT2D eigenvalue weighted by atomic mass is 19.1. The van der Waals surface area contributed by atoms with E-state index in [2.05, 4.69) is 10.8 Å². The summed E-state index contributed by atoms with van der Waals surface area (Å²) < 4.78 is 23.7. The lowest BCUT2D eigenvalue weighted by Gasteiger charge is -1.97. The predicted molar refractivity (Wildman–Crippen MR) is 31.8 cm³/mol. The fourth-order valence-corrected chi connectivity index (χ4v) is 0.513. The molecule has 0 heterocycles. The molecule has 1 nitrogen and oxygen atoms in total. The Morgan fingerprint density at radius 1 is 1.89 bits per heavy atom. The van der Waals surface area contributed by atoms with Gasteiger partial charge in [0.25, 0.3) is 0 Å². The Kier molecular flexibility index (Phi) is 1.32. The molecule has 0 saturated heterocycles. The molecule has 0 bridgehead atoms. The lowest BCUT2D eigenvalue weighted by molar-refractivity contribution is 0.386. The first-order chi connectivity index (χ1) is 4.84. The molecule has 0 aromatic heterocycles. The van der Waals surface area contributed by atoms with E-state index in [4.69, 9.17) is 1.37 Å². The number of halogens is 1. The Morgan fingerprint density at radius 2 is 2.78 bits per heavy atom. The molecule has 47 valence electrons. The van der Waals surface area contributed by atoms with Crippen LogP contribution < -0.4 is 4.74 Å². The first-order valence-electron chi connectivity index (χ1n) is 3.13. The largest absolute Gasteiger partial charge is 0.494 e. The summed E-state index contributed by atoms with van der Waals surface area (Å²) >= 11 is 0. The van der Waals surface area contributed by atoms with Gasteiger partial charge in [0.05, 0.1) is 8.46 Å². The highest BCUT2D eigenvalue weighted by Crippen LogP contribution is 2.12. The highest BCUT2D eigenvalue weighted by Gasteiger charge is 1.96. The molecule has 0 amide bonds. The van der Waals surface area contributed by atoms with Crippen LogP contribution in [0.4, 0.5) is 4.39 Å². The van der Waals surface area contributed by atoms with Crippen molar-refractivity contribution in [2.45, 2.75) is 0 Å². The Hall–Kier alpha value is -1.05. The van der Waals surface area contributed by atoms with Gasteiger partial charge in [-0.05, 0) is 6.07 Å². The second kappa shape index (κ2) is 2.49. The molecule has 0 atom stereocenters. The molecule has 0 aliphatic rings. The van der Waals surface area contributed by atoms with E-state index in [1.165, 1.54) is 12.1 Å². The highest BCUT2D eigenvalue weighted by molar-refractivity contribution is 5.22. The van der Waals surface area contributed by atoms with E-state index >= 15 is 0 Å². The van der Waals surface area contributed by atoms with E-state index in [0.29, 0.717) is 0 Å². The summed E-state index contributed by atoms with van der Waals surface area (Å²) in [6, 6.07) is 6.82. The maximum atomic E-state index is 12.5. The van der Waals surface area contributed by atoms with Gasteiger partial charge in [-0.25, -0.2) is 4.39 Å². The van der Waals surface area contributed by atoms with Crippen molar-refractivity contribution in [1.29, 1.82) is 0 Å². The van der Waals surface area contributed by atoms with Gasteiger partial charge in [-0.2, -0.15) is 0 Å². The van der Waals surface area contributed by atoms with Gasteiger partial charge in [0.2, 0.25) is 0 Å². The Morgan fingerprint density at radius 3 is 3.44 bits per heavy atom. The maximum absolute atomic E-state index is 12.5. The van der Waals surface area contributed by atoms with E-state index in [1.54, 1.807) is 6.07 Å². The van der Waals surface area contributed by atoms with Gasteiger partial charge < -0.3 is 4.74 Å². The molecule has 0 saturated carbocycles. The van der Waals surface area contributed by atoms with Gasteiger partial charge in [-0.15, -0.1) is 0 Å². The van der Waals surface area contributed by atoms with Crippen LogP contribution in [0, 0.1) is 11.9 Å². The quantitative estimate of drug-likeness (QED) is 0.555. The van der Waals surface area contributed by atoms with Gasteiger partial charge in [0, 0.05) is 6.07 Å². The van der Waals surface area contributed by atoms with Gasteiger partial charge in [0.1, 0.15) is 0 Å². The molecule has 1 aromatic rings. The Bertz CT molecular complexity index is 215. The van der Waals surface area contributed by atoms with Crippen molar-refractivity contribution in [3.63, 3.8) is 0 Å². The van der Waals surface area contributed by atoms with Crippen LogP contribution >= 0.6 is 0 Å². The van der Waals surface area contributed by atoms with Gasteiger partial charge >= 0.3 is 0 Å². The second-order valence-corrected chi connectivity index (χ2v) is 1.49. The molecule has 1 rings (SSSR count). The van der Waals surface area contributed by atoms with Crippen LogP contribution in [0.25, 0.3) is 0 Å². The first kappa shape index (κ1) is 4.79. The van der Waals surface area contributed by atoms with E-state index in [0.717, 1.165) is 0 Å². The topological polar surface area (TPSA) is 9.23 Å². The van der Waals surface area contributed by atoms with Crippen molar-refractivity contribution in [2.75, 3.05) is 7.09 Å². The Labute approximate surface area is 54.5 Å². The standard InChI is InChI=1S/C7H6FO/c1-9-7-5-3-2-4-6(7)8/h2-3,5H,1H3/i1D. The predicted octanol–water partition coefficient (Wildman–Crippen LogP) is 1.63. The van der Waals surface area contributed by atoms with Crippen LogP contribution in [-0.4, -0.2) is 7.09 Å². The van der Waals surface area contributed by atoms with E-state index < -0.39 is 5.82 Å². The summed E-state index contributed by atoms with van der Waals surface area (Å²) in [7, 11) is -0.269. The lowest BCUT2D eigenvalue weighted by Crippen LogP contribution is -1.85. The van der Waals surface area contributed by atoms with E-state index in [9.17, 15) is 4.39 Å². The van der Waals surface area contributed by atoms with Gasteiger partial charge in [-0.3, -0.25) is 0 Å². The van der Waals surface area contributed by atoms with Crippen LogP contribution in [0.5, 0.6) is 5.75 Å². The minimum absolute atomic E-state index is 0.0810. The van der Waals surface area contributed by atoms with Crippen LogP contribution in [-0.2, 0) is 0 Å². The number of benzene rings is 1. The molecule has 1 aromatic carbocycles. The Balaban J connectivity index is 2.81. The molecule has 0 fully saturated rings. The molecule has 0 unspecified atom stereocenters. The van der Waals surface area contributed by atoms with Crippen molar-refractivity contribution in [3.8, 4) is 5.75 Å². The van der Waals surface area contributed by atoms with Crippen molar-refractivity contribution in [2.24, 2.45) is 0 Å². The maximum Gasteiger partial charge on any atom is 0.172 e. The monoisotopic (exact) mass is 126 g/mol. The zero-order valence-corrected chi connectivity index (χ0v) is 4.73. The molecule has 1 radical (unpaired) electrons. The van der Waals surface area contributed by atoms with Crippen LogP contribution in [0.3, 0.4) is 0 Å². The molecule has 0 aliphatic carbocycles. The third kappa shape index (κ3) is 1.19. The van der Waals surface area contributed by atoms with E-state index in [-0.39, 0.29) is 12.8 Å². The number of rotatable bonds is 1. The molecule has 0 N–H and O–H groups in total. The van der Waals surface area contributed by atoms with Crippen molar-refractivity contribution >= 4 is 0 Å². The normalized spacial score (nSPS) is 10.6. The summed E-state index contributed by atoms with van der Waals surface area (Å²) in [6.45, 7) is 0. The molecule has 0 spiro atoms. The summed E-state index contributed by atoms with van der Waals surface area (Å²) in [5, 5.41) is 0. The van der Waals surface area contributed by atoms with Crippen LogP contribution in [0.15, 0.2) is 18.2 Å². The fourth-order valence-electron chi connectivity index (χ4n) is 0.513. The summed E-state index contributed by atoms with van der Waals surface area (Å²) in [5.41, 5.74) is 0. The molecular weight excluding hydrogens is 119 g/mol. The van der Waals surface area contributed by atoms with Gasteiger partial charge in [-0.1, -0.05) is 12.1 Å².